The molecule has 118 valence electrons. The van der Waals surface area contributed by atoms with Gasteiger partial charge in [-0.1, -0.05) is 0 Å². The molecule has 6 nitrogen and oxygen atoms in total. The molecule has 23 heavy (non-hydrogen) atoms. The second-order valence-corrected chi connectivity index (χ2v) is 5.45. The van der Waals surface area contributed by atoms with E-state index in [1.807, 2.05) is 12.1 Å². The highest BCUT2D eigenvalue weighted by molar-refractivity contribution is 6.04. The van der Waals surface area contributed by atoms with Crippen molar-refractivity contribution in [1.82, 2.24) is 9.88 Å². The Morgan fingerprint density at radius 3 is 2.65 bits per heavy atom. The quantitative estimate of drug-likeness (QED) is 0.947. The van der Waals surface area contributed by atoms with E-state index in [-0.39, 0.29) is 11.9 Å². The summed E-state index contributed by atoms with van der Waals surface area (Å²) in [6, 6.07) is 10.7. The van der Waals surface area contributed by atoms with Crippen LogP contribution >= 0.6 is 0 Å². The van der Waals surface area contributed by atoms with E-state index in [0.717, 1.165) is 18.7 Å². The SMILES string of the molecule is CN1CCCN(c2ccc(NC(=O)c3cccnc3)cc2)C1=O. The first-order valence-corrected chi connectivity index (χ1v) is 7.49. The molecule has 0 aliphatic carbocycles. The van der Waals surface area contributed by atoms with Crippen molar-refractivity contribution in [3.05, 3.63) is 54.4 Å². The van der Waals surface area contributed by atoms with Crippen LogP contribution in [0.25, 0.3) is 0 Å². The van der Waals surface area contributed by atoms with Crippen molar-refractivity contribution in [1.29, 1.82) is 0 Å². The lowest BCUT2D eigenvalue weighted by Gasteiger charge is -2.33. The number of rotatable bonds is 3. The summed E-state index contributed by atoms with van der Waals surface area (Å²) in [5.41, 5.74) is 2.02. The molecule has 1 N–H and O–H groups in total. The van der Waals surface area contributed by atoms with Crippen LogP contribution in [0.3, 0.4) is 0 Å². The third-order valence-electron chi connectivity index (χ3n) is 3.79. The molecule has 3 amide bonds. The Morgan fingerprint density at radius 1 is 1.17 bits per heavy atom. The van der Waals surface area contributed by atoms with E-state index >= 15 is 0 Å². The van der Waals surface area contributed by atoms with Gasteiger partial charge >= 0.3 is 6.03 Å². The van der Waals surface area contributed by atoms with Gasteiger partial charge in [-0.15, -0.1) is 0 Å². The van der Waals surface area contributed by atoms with Crippen LogP contribution in [0.1, 0.15) is 16.8 Å². The number of hydrogen-bond donors (Lipinski definition) is 1. The number of carbonyl (C=O) groups is 2. The summed E-state index contributed by atoms with van der Waals surface area (Å²) in [5, 5.41) is 2.82. The third-order valence-corrected chi connectivity index (χ3v) is 3.79. The molecule has 0 atom stereocenters. The van der Waals surface area contributed by atoms with Crippen LogP contribution in [-0.2, 0) is 0 Å². The lowest BCUT2D eigenvalue weighted by atomic mass is 10.2. The lowest BCUT2D eigenvalue weighted by Crippen LogP contribution is -2.47. The second-order valence-electron chi connectivity index (χ2n) is 5.45. The summed E-state index contributed by atoms with van der Waals surface area (Å²) in [7, 11) is 1.80. The van der Waals surface area contributed by atoms with E-state index < -0.39 is 0 Å². The number of nitrogens with zero attached hydrogens (tertiary/aromatic N) is 3. The molecule has 3 rings (SSSR count). The van der Waals surface area contributed by atoms with E-state index in [4.69, 9.17) is 0 Å². The molecule has 2 heterocycles. The first kappa shape index (κ1) is 15.0. The molecule has 0 unspecified atom stereocenters. The second kappa shape index (κ2) is 6.48. The Kier molecular flexibility index (Phi) is 4.23. The van der Waals surface area contributed by atoms with E-state index in [0.29, 0.717) is 17.8 Å². The number of hydrogen-bond acceptors (Lipinski definition) is 3. The third kappa shape index (κ3) is 3.31. The number of nitrogens with one attached hydrogen (secondary N) is 1. The van der Waals surface area contributed by atoms with E-state index in [2.05, 4.69) is 10.3 Å². The Hall–Kier alpha value is -2.89. The van der Waals surface area contributed by atoms with E-state index in [1.165, 1.54) is 6.20 Å². The van der Waals surface area contributed by atoms with Gasteiger partial charge in [-0.2, -0.15) is 0 Å². The van der Waals surface area contributed by atoms with Gasteiger partial charge in [0.1, 0.15) is 0 Å². The van der Waals surface area contributed by atoms with Crippen LogP contribution in [0.5, 0.6) is 0 Å². The summed E-state index contributed by atoms with van der Waals surface area (Å²) < 4.78 is 0. The Labute approximate surface area is 134 Å². The summed E-state index contributed by atoms with van der Waals surface area (Å²) in [6.45, 7) is 1.50. The van der Waals surface area contributed by atoms with Gasteiger partial charge in [0.2, 0.25) is 0 Å². The van der Waals surface area contributed by atoms with Crippen LogP contribution in [0.15, 0.2) is 48.8 Å². The van der Waals surface area contributed by atoms with Gasteiger partial charge in [-0.25, -0.2) is 4.79 Å². The van der Waals surface area contributed by atoms with Crippen molar-refractivity contribution in [3.63, 3.8) is 0 Å². The molecule has 1 aromatic heterocycles. The van der Waals surface area contributed by atoms with Gasteiger partial charge in [-0.3, -0.25) is 14.7 Å². The van der Waals surface area contributed by atoms with Crippen molar-refractivity contribution in [2.45, 2.75) is 6.42 Å². The van der Waals surface area contributed by atoms with Crippen molar-refractivity contribution in [3.8, 4) is 0 Å². The maximum atomic E-state index is 12.1. The monoisotopic (exact) mass is 310 g/mol. The first-order chi connectivity index (χ1) is 11.1. The minimum atomic E-state index is -0.209. The average molecular weight is 310 g/mol. The predicted molar refractivity (Wildman–Crippen MR) is 88.6 cm³/mol. The standard InChI is InChI=1S/C17H18N4O2/c1-20-10-3-11-21(17(20)23)15-7-5-14(6-8-15)19-16(22)13-4-2-9-18-12-13/h2,4-9,12H,3,10-11H2,1H3,(H,19,22). The van der Waals surface area contributed by atoms with Gasteiger partial charge in [0.15, 0.2) is 0 Å². The fraction of sp³-hybridized carbons (Fsp3) is 0.235. The number of aromatic nitrogens is 1. The van der Waals surface area contributed by atoms with Gasteiger partial charge < -0.3 is 10.2 Å². The lowest BCUT2D eigenvalue weighted by molar-refractivity contribution is 0.102. The number of anilines is 2. The van der Waals surface area contributed by atoms with Crippen molar-refractivity contribution in [2.75, 3.05) is 30.4 Å². The molecule has 6 heteroatoms. The molecule has 0 saturated carbocycles. The predicted octanol–water partition coefficient (Wildman–Crippen LogP) is 2.60. The molecule has 1 saturated heterocycles. The maximum absolute atomic E-state index is 12.1. The highest BCUT2D eigenvalue weighted by atomic mass is 16.2. The molecule has 1 fully saturated rings. The van der Waals surface area contributed by atoms with Gasteiger partial charge in [0.05, 0.1) is 5.56 Å². The number of carbonyl (C=O) groups excluding carboxylic acids is 2. The van der Waals surface area contributed by atoms with E-state index in [1.54, 1.807) is 47.3 Å². The normalized spacial score (nSPS) is 14.7. The fourth-order valence-corrected chi connectivity index (χ4v) is 2.53. The smallest absolute Gasteiger partial charge is 0.324 e. The van der Waals surface area contributed by atoms with Crippen molar-refractivity contribution in [2.24, 2.45) is 0 Å². The van der Waals surface area contributed by atoms with Crippen LogP contribution in [-0.4, -0.2) is 42.0 Å². The minimum absolute atomic E-state index is 0.00314. The fourth-order valence-electron chi connectivity index (χ4n) is 2.53. The molecule has 0 bridgehead atoms. The zero-order chi connectivity index (χ0) is 16.2. The zero-order valence-electron chi connectivity index (χ0n) is 12.9. The van der Waals surface area contributed by atoms with Crippen LogP contribution in [0.2, 0.25) is 0 Å². The van der Waals surface area contributed by atoms with Gasteiger partial charge in [-0.05, 0) is 42.8 Å². The summed E-state index contributed by atoms with van der Waals surface area (Å²) in [5.74, 6) is -0.209. The highest BCUT2D eigenvalue weighted by Crippen LogP contribution is 2.22. The Bertz CT molecular complexity index is 700. The number of amides is 3. The molecule has 0 radical (unpaired) electrons. The summed E-state index contributed by atoms with van der Waals surface area (Å²) in [6.07, 6.45) is 4.09. The minimum Gasteiger partial charge on any atom is -0.327 e. The van der Waals surface area contributed by atoms with Crippen LogP contribution < -0.4 is 10.2 Å². The molecular weight excluding hydrogens is 292 g/mol. The average Bonchev–Trinajstić information content (AvgIpc) is 2.59. The van der Waals surface area contributed by atoms with Crippen LogP contribution in [0.4, 0.5) is 16.2 Å². The molecule has 1 aromatic carbocycles. The van der Waals surface area contributed by atoms with Crippen molar-refractivity contribution >= 4 is 23.3 Å². The molecule has 1 aliphatic heterocycles. The number of pyridine rings is 1. The molecule has 2 aromatic rings. The van der Waals surface area contributed by atoms with Crippen molar-refractivity contribution < 1.29 is 9.59 Å². The van der Waals surface area contributed by atoms with Gasteiger partial charge in [0, 0.05) is 43.9 Å². The van der Waals surface area contributed by atoms with Crippen LogP contribution in [0, 0.1) is 0 Å². The first-order valence-electron chi connectivity index (χ1n) is 7.49. The molecule has 1 aliphatic rings. The van der Waals surface area contributed by atoms with Gasteiger partial charge in [0.25, 0.3) is 5.91 Å². The molecule has 0 spiro atoms. The maximum Gasteiger partial charge on any atom is 0.324 e. The largest absolute Gasteiger partial charge is 0.327 e. The number of urea groups is 1. The molecular formula is C17H18N4O2. The zero-order valence-corrected chi connectivity index (χ0v) is 12.9. The topological polar surface area (TPSA) is 65.5 Å². The van der Waals surface area contributed by atoms with E-state index in [9.17, 15) is 9.59 Å². The Morgan fingerprint density at radius 2 is 1.96 bits per heavy atom. The summed E-state index contributed by atoms with van der Waals surface area (Å²) >= 11 is 0. The Balaban J connectivity index is 1.70. The summed E-state index contributed by atoms with van der Waals surface area (Å²) in [4.78, 5) is 31.6. The highest BCUT2D eigenvalue weighted by Gasteiger charge is 2.23. The number of benzene rings is 1.